The van der Waals surface area contributed by atoms with Crippen molar-refractivity contribution in [1.82, 2.24) is 0 Å². The van der Waals surface area contributed by atoms with Crippen molar-refractivity contribution in [3.05, 3.63) is 0 Å². The molecule has 0 bridgehead atoms. The number of hydrogen-bond donors (Lipinski definition) is 1. The number of rotatable bonds is 1. The van der Waals surface area contributed by atoms with Crippen LogP contribution in [-0.2, 0) is 0 Å². The summed E-state index contributed by atoms with van der Waals surface area (Å²) in [6.07, 6.45) is 2.27. The fourth-order valence-corrected chi connectivity index (χ4v) is 0.670. The molecule has 0 amide bonds. The minimum atomic E-state index is 0.0648. The first-order valence-electron chi connectivity index (χ1n) is 2.52. The highest BCUT2D eigenvalue weighted by Crippen LogP contribution is 2.32. The summed E-state index contributed by atoms with van der Waals surface area (Å²) < 4.78 is 0. The molecule has 1 aliphatic carbocycles. The lowest BCUT2D eigenvalue weighted by Crippen LogP contribution is -1.79. The highest BCUT2D eigenvalue weighted by Gasteiger charge is 2.32. The van der Waals surface area contributed by atoms with Gasteiger partial charge in [0.2, 0.25) is 0 Å². The van der Waals surface area contributed by atoms with Gasteiger partial charge in [0.25, 0.3) is 0 Å². The second-order valence-electron chi connectivity index (χ2n) is 1.97. The molecular formula is C5H10O. The van der Waals surface area contributed by atoms with Crippen LogP contribution in [0, 0.1) is 5.92 Å². The third-order valence-electron chi connectivity index (χ3n) is 1.41. The number of aliphatic hydroxyl groups excluding tert-OH is 1. The molecule has 6 heavy (non-hydrogen) atoms. The highest BCUT2D eigenvalue weighted by atomic mass is 16.3. The zero-order chi connectivity index (χ0) is 4.57. The van der Waals surface area contributed by atoms with Gasteiger partial charge in [0.05, 0.1) is 6.10 Å². The molecule has 0 aromatic heterocycles. The molecule has 2 atom stereocenters. The van der Waals surface area contributed by atoms with Crippen molar-refractivity contribution in [2.75, 3.05) is 0 Å². The van der Waals surface area contributed by atoms with Crippen LogP contribution in [0.3, 0.4) is 0 Å². The smallest absolute Gasteiger partial charge is 0.0572 e. The molecule has 0 aromatic carbocycles. The van der Waals surface area contributed by atoms with Crippen LogP contribution in [0.4, 0.5) is 0 Å². The van der Waals surface area contributed by atoms with Gasteiger partial charge in [-0.3, -0.25) is 0 Å². The fourth-order valence-electron chi connectivity index (χ4n) is 0.670. The molecule has 1 fully saturated rings. The van der Waals surface area contributed by atoms with E-state index in [2.05, 4.69) is 6.92 Å². The summed E-state index contributed by atoms with van der Waals surface area (Å²) in [5.41, 5.74) is 0. The third kappa shape index (κ3) is 0.548. The molecule has 1 aliphatic rings. The predicted octanol–water partition coefficient (Wildman–Crippen LogP) is 0.777. The molecule has 36 valence electrons. The van der Waals surface area contributed by atoms with Gasteiger partial charge in [0.1, 0.15) is 0 Å². The Hall–Kier alpha value is -0.0400. The van der Waals surface area contributed by atoms with E-state index in [1.807, 2.05) is 0 Å². The van der Waals surface area contributed by atoms with Crippen LogP contribution in [-0.4, -0.2) is 11.2 Å². The van der Waals surface area contributed by atoms with E-state index in [-0.39, 0.29) is 6.10 Å². The predicted molar refractivity (Wildman–Crippen MR) is 24.4 cm³/mol. The molecule has 1 nitrogen and oxygen atoms in total. The molecule has 1 N–H and O–H groups in total. The topological polar surface area (TPSA) is 20.2 Å². The SMILES string of the molecule is CC[C@@H]1C[C@H]1O. The maximum Gasteiger partial charge on any atom is 0.0572 e. The van der Waals surface area contributed by atoms with E-state index in [0.29, 0.717) is 5.92 Å². The minimum absolute atomic E-state index is 0.0648. The fraction of sp³-hybridized carbons (Fsp3) is 1.00. The van der Waals surface area contributed by atoms with Crippen LogP contribution in [0.2, 0.25) is 0 Å². The Bertz CT molecular complexity index is 49.9. The van der Waals surface area contributed by atoms with Crippen molar-refractivity contribution in [3.63, 3.8) is 0 Å². The van der Waals surface area contributed by atoms with Crippen LogP contribution >= 0.6 is 0 Å². The maximum absolute atomic E-state index is 8.63. The Morgan fingerprint density at radius 3 is 2.33 bits per heavy atom. The maximum atomic E-state index is 8.63. The van der Waals surface area contributed by atoms with Crippen molar-refractivity contribution in [2.24, 2.45) is 5.92 Å². The quantitative estimate of drug-likeness (QED) is 0.500. The Morgan fingerprint density at radius 2 is 2.33 bits per heavy atom. The van der Waals surface area contributed by atoms with E-state index in [4.69, 9.17) is 5.11 Å². The summed E-state index contributed by atoms with van der Waals surface area (Å²) in [4.78, 5) is 0. The van der Waals surface area contributed by atoms with Gasteiger partial charge in [-0.25, -0.2) is 0 Å². The van der Waals surface area contributed by atoms with Gasteiger partial charge in [-0.05, 0) is 12.3 Å². The van der Waals surface area contributed by atoms with Crippen LogP contribution in [0.1, 0.15) is 19.8 Å². The van der Waals surface area contributed by atoms with E-state index < -0.39 is 0 Å². The van der Waals surface area contributed by atoms with Gasteiger partial charge >= 0.3 is 0 Å². The van der Waals surface area contributed by atoms with Gasteiger partial charge in [0.15, 0.2) is 0 Å². The van der Waals surface area contributed by atoms with Crippen molar-refractivity contribution < 1.29 is 5.11 Å². The van der Waals surface area contributed by atoms with Crippen molar-refractivity contribution in [1.29, 1.82) is 0 Å². The average molecular weight is 86.1 g/mol. The molecule has 0 radical (unpaired) electrons. The average Bonchev–Trinajstić information content (AvgIpc) is 2.19. The van der Waals surface area contributed by atoms with Crippen LogP contribution < -0.4 is 0 Å². The molecule has 0 aliphatic heterocycles. The third-order valence-corrected chi connectivity index (χ3v) is 1.41. The summed E-state index contributed by atoms with van der Waals surface area (Å²) in [5, 5.41) is 8.63. The van der Waals surface area contributed by atoms with Crippen molar-refractivity contribution in [2.45, 2.75) is 25.9 Å². The summed E-state index contributed by atoms with van der Waals surface area (Å²) >= 11 is 0. The zero-order valence-corrected chi connectivity index (χ0v) is 4.02. The zero-order valence-electron chi connectivity index (χ0n) is 4.02. The summed E-state index contributed by atoms with van der Waals surface area (Å²) in [6, 6.07) is 0. The molecule has 1 heteroatoms. The number of aliphatic hydroxyl groups is 1. The lowest BCUT2D eigenvalue weighted by molar-refractivity contribution is 0.258. The molecule has 0 aromatic rings. The molecule has 0 spiro atoms. The van der Waals surface area contributed by atoms with E-state index in [9.17, 15) is 0 Å². The first-order valence-corrected chi connectivity index (χ1v) is 2.52. The van der Waals surface area contributed by atoms with E-state index in [0.717, 1.165) is 12.8 Å². The van der Waals surface area contributed by atoms with Gasteiger partial charge in [-0.15, -0.1) is 0 Å². The molecular weight excluding hydrogens is 76.1 g/mol. The monoisotopic (exact) mass is 86.1 g/mol. The number of hydrogen-bond acceptors (Lipinski definition) is 1. The standard InChI is InChI=1S/C5H10O/c1-2-4-3-5(4)6/h4-6H,2-3H2,1H3/t4-,5-/m1/s1. The van der Waals surface area contributed by atoms with Crippen molar-refractivity contribution >= 4 is 0 Å². The lowest BCUT2D eigenvalue weighted by Gasteiger charge is -1.78. The normalized spacial score (nSPS) is 43.0. The Morgan fingerprint density at radius 1 is 1.83 bits per heavy atom. The van der Waals surface area contributed by atoms with Gasteiger partial charge in [-0.1, -0.05) is 13.3 Å². The summed E-state index contributed by atoms with van der Waals surface area (Å²) in [7, 11) is 0. The van der Waals surface area contributed by atoms with E-state index in [1.165, 1.54) is 0 Å². The minimum Gasteiger partial charge on any atom is -0.393 e. The van der Waals surface area contributed by atoms with Crippen LogP contribution in [0.5, 0.6) is 0 Å². The first kappa shape index (κ1) is 4.13. The van der Waals surface area contributed by atoms with Crippen LogP contribution in [0.15, 0.2) is 0 Å². The Labute approximate surface area is 38.0 Å². The van der Waals surface area contributed by atoms with Crippen LogP contribution in [0.25, 0.3) is 0 Å². The largest absolute Gasteiger partial charge is 0.393 e. The molecule has 1 rings (SSSR count). The molecule has 1 saturated carbocycles. The Kier molecular flexibility index (Phi) is 0.845. The highest BCUT2D eigenvalue weighted by molar-refractivity contribution is 4.83. The van der Waals surface area contributed by atoms with Gasteiger partial charge in [0, 0.05) is 0 Å². The second-order valence-corrected chi connectivity index (χ2v) is 1.97. The van der Waals surface area contributed by atoms with Gasteiger partial charge in [-0.2, -0.15) is 0 Å². The van der Waals surface area contributed by atoms with E-state index >= 15 is 0 Å². The summed E-state index contributed by atoms with van der Waals surface area (Å²) in [6.45, 7) is 2.11. The second kappa shape index (κ2) is 1.23. The molecule has 0 unspecified atom stereocenters. The summed E-state index contributed by atoms with van der Waals surface area (Å²) in [5.74, 6) is 0.657. The molecule has 0 heterocycles. The van der Waals surface area contributed by atoms with E-state index in [1.54, 1.807) is 0 Å². The Balaban J connectivity index is 2.09. The van der Waals surface area contributed by atoms with Gasteiger partial charge < -0.3 is 5.11 Å². The molecule has 0 saturated heterocycles. The first-order chi connectivity index (χ1) is 2.84. The van der Waals surface area contributed by atoms with Crippen molar-refractivity contribution in [3.8, 4) is 0 Å². The lowest BCUT2D eigenvalue weighted by atomic mass is 10.3.